The average Bonchev–Trinajstić information content (AvgIpc) is 3.24. The third-order valence-corrected chi connectivity index (χ3v) is 11.5. The number of phenols is 3. The Bertz CT molecular complexity index is 1670. The van der Waals surface area contributed by atoms with Gasteiger partial charge in [-0.25, -0.2) is 0 Å². The number of aliphatic hydroxyl groups is 1. The van der Waals surface area contributed by atoms with E-state index in [1.54, 1.807) is 36.4 Å². The van der Waals surface area contributed by atoms with Crippen LogP contribution in [-0.2, 0) is 25.7 Å². The molecule has 0 fully saturated rings. The van der Waals surface area contributed by atoms with Crippen molar-refractivity contribution >= 4 is 11.8 Å². The van der Waals surface area contributed by atoms with Crippen molar-refractivity contribution in [2.24, 2.45) is 5.73 Å². The first kappa shape index (κ1) is 48.0. The van der Waals surface area contributed by atoms with Crippen LogP contribution in [0, 0.1) is 0 Å². The minimum absolute atomic E-state index is 0.0551. The van der Waals surface area contributed by atoms with E-state index in [0.717, 1.165) is 67.6 Å². The van der Waals surface area contributed by atoms with Crippen molar-refractivity contribution in [2.45, 2.75) is 88.3 Å². The highest BCUT2D eigenvalue weighted by molar-refractivity contribution is 7.98. The van der Waals surface area contributed by atoms with Crippen LogP contribution in [0.4, 0.5) is 0 Å². The molecule has 12 heteroatoms. The molecule has 12 N–H and O–H groups in total. The molecule has 0 radical (unpaired) electrons. The number of aromatic hydroxyl groups is 3. The Kier molecular flexibility index (Phi) is 22.1. The summed E-state index contributed by atoms with van der Waals surface area (Å²) in [7, 11) is 0. The summed E-state index contributed by atoms with van der Waals surface area (Å²) >= 11 is 1.81. The average molecular weight is 830 g/mol. The summed E-state index contributed by atoms with van der Waals surface area (Å²) in [4.78, 5) is 0. The van der Waals surface area contributed by atoms with Gasteiger partial charge in [-0.15, -0.1) is 0 Å². The first-order chi connectivity index (χ1) is 28.6. The summed E-state index contributed by atoms with van der Waals surface area (Å²) in [6.45, 7) is 8.76. The molecule has 4 rings (SSSR count). The van der Waals surface area contributed by atoms with Gasteiger partial charge in [0, 0.05) is 75.5 Å². The lowest BCUT2D eigenvalue weighted by molar-refractivity contribution is 0.139. The number of phenolic OH excluding ortho intramolecular Hbond substituents is 3. The van der Waals surface area contributed by atoms with Crippen LogP contribution in [0.5, 0.6) is 17.2 Å². The quantitative estimate of drug-likeness (QED) is 0.0366. The number of aliphatic hydroxyl groups excluding tert-OH is 1. The second kappa shape index (κ2) is 27.2. The molecule has 0 aliphatic carbocycles. The van der Waals surface area contributed by atoms with E-state index in [2.05, 4.69) is 69.3 Å². The van der Waals surface area contributed by atoms with Gasteiger partial charge in [-0.2, -0.15) is 11.8 Å². The molecule has 7 atom stereocenters. The third-order valence-electron chi connectivity index (χ3n) is 10.8. The number of rotatable bonds is 30. The number of benzene rings is 4. The van der Waals surface area contributed by atoms with E-state index in [1.807, 2.05) is 61.2 Å². The molecule has 4 aromatic carbocycles. The lowest BCUT2D eigenvalue weighted by atomic mass is 10.0. The molecule has 0 heterocycles. The van der Waals surface area contributed by atoms with E-state index >= 15 is 0 Å². The maximum atomic E-state index is 10.8. The van der Waals surface area contributed by atoms with Crippen molar-refractivity contribution in [2.75, 3.05) is 57.8 Å². The number of nitrogens with two attached hydrogens (primary N) is 1. The Labute approximate surface area is 357 Å². The first-order valence-electron chi connectivity index (χ1n) is 21.3. The van der Waals surface area contributed by atoms with Gasteiger partial charge in [-0.05, 0) is 116 Å². The van der Waals surface area contributed by atoms with Gasteiger partial charge in [0.2, 0.25) is 0 Å². The predicted molar refractivity (Wildman–Crippen MR) is 246 cm³/mol. The normalized spacial score (nSPS) is 15.3. The zero-order valence-electron chi connectivity index (χ0n) is 35.3. The molecule has 0 unspecified atom stereocenters. The largest absolute Gasteiger partial charge is 0.508 e. The number of hydrogen-bond acceptors (Lipinski definition) is 12. The molecule has 0 bridgehead atoms. The summed E-state index contributed by atoms with van der Waals surface area (Å²) < 4.78 is 0. The van der Waals surface area contributed by atoms with Gasteiger partial charge in [-0.1, -0.05) is 73.7 Å². The van der Waals surface area contributed by atoms with E-state index in [-0.39, 0.29) is 53.5 Å². The van der Waals surface area contributed by atoms with Crippen LogP contribution in [0.3, 0.4) is 0 Å². The Hall–Kier alpha value is -3.69. The number of thioether (sulfide) groups is 1. The minimum atomic E-state index is -0.547. The Morgan fingerprint density at radius 3 is 1.25 bits per heavy atom. The molecule has 59 heavy (non-hydrogen) atoms. The smallest absolute Gasteiger partial charge is 0.115 e. The molecule has 324 valence electrons. The van der Waals surface area contributed by atoms with Crippen LogP contribution < -0.4 is 37.6 Å². The molecule has 0 amide bonds. The second-order valence-electron chi connectivity index (χ2n) is 15.7. The molecule has 0 aliphatic heterocycles. The van der Waals surface area contributed by atoms with Gasteiger partial charge < -0.3 is 58.1 Å². The molecule has 4 aromatic rings. The lowest BCUT2D eigenvalue weighted by Gasteiger charge is -2.30. The minimum Gasteiger partial charge on any atom is -0.508 e. The summed E-state index contributed by atoms with van der Waals surface area (Å²) in [5.41, 5.74) is 10.7. The summed E-state index contributed by atoms with van der Waals surface area (Å²) in [5, 5.41) is 63.2. The summed E-state index contributed by atoms with van der Waals surface area (Å²) in [6, 6.07) is 33.3. The van der Waals surface area contributed by atoms with Crippen LogP contribution in [-0.4, -0.2) is 121 Å². The Morgan fingerprint density at radius 1 is 0.508 bits per heavy atom. The highest BCUT2D eigenvalue weighted by atomic mass is 32.2. The maximum absolute atomic E-state index is 10.8. The molecule has 0 saturated heterocycles. The topological polar surface area (TPSA) is 179 Å². The van der Waals surface area contributed by atoms with Crippen LogP contribution in [0.15, 0.2) is 103 Å². The molecule has 0 saturated carbocycles. The van der Waals surface area contributed by atoms with Crippen LogP contribution in [0.2, 0.25) is 0 Å². The fraction of sp³-hybridized carbons (Fsp3) is 0.489. The molecule has 0 spiro atoms. The third kappa shape index (κ3) is 19.1. The van der Waals surface area contributed by atoms with Crippen molar-refractivity contribution in [3.8, 4) is 17.2 Å². The molecule has 0 aliphatic rings. The van der Waals surface area contributed by atoms with Crippen LogP contribution in [0.25, 0.3) is 0 Å². The number of nitrogens with one attached hydrogen (secondary N) is 6. The molecule has 11 nitrogen and oxygen atoms in total. The van der Waals surface area contributed by atoms with Crippen molar-refractivity contribution in [3.63, 3.8) is 0 Å². The van der Waals surface area contributed by atoms with E-state index in [0.29, 0.717) is 32.7 Å². The summed E-state index contributed by atoms with van der Waals surface area (Å²) in [6.07, 6.45) is 5.70. The van der Waals surface area contributed by atoms with Crippen molar-refractivity contribution < 1.29 is 20.4 Å². The molecular formula is C47H71N7O4S. The molecule has 0 aromatic heterocycles. The van der Waals surface area contributed by atoms with E-state index < -0.39 is 6.10 Å². The highest BCUT2D eigenvalue weighted by Crippen LogP contribution is 2.15. The lowest BCUT2D eigenvalue weighted by Crippen LogP contribution is -2.55. The standard InChI is InChI=1S/C47H71N7O4S/c1-4-49-40(25-36-10-16-44(56)17-11-36)29-50-41(26-37-12-18-45(57)19-13-37)30-51-42(27-38-14-20-46(58)21-15-38)31-52-43(24-35-8-6-5-7-9-35)32-54-47(34(2)55)33-53-39(28-48)22-23-59-3/h5-21,34,39-43,47,49-58H,4,22-33,48H2,1-3H3/t34-,39+,40+,41+,42+,43+,47+/m1/s1. The predicted octanol–water partition coefficient (Wildman–Crippen LogP) is 3.94. The zero-order valence-corrected chi connectivity index (χ0v) is 36.1. The van der Waals surface area contributed by atoms with Gasteiger partial charge in [0.15, 0.2) is 0 Å². The maximum Gasteiger partial charge on any atom is 0.115 e. The zero-order chi connectivity index (χ0) is 42.2. The van der Waals surface area contributed by atoms with E-state index in [1.165, 1.54) is 5.56 Å². The number of likely N-dealkylation sites (N-methyl/N-ethyl adjacent to an activating group) is 1. The fourth-order valence-electron chi connectivity index (χ4n) is 7.29. The van der Waals surface area contributed by atoms with Crippen LogP contribution >= 0.6 is 11.8 Å². The van der Waals surface area contributed by atoms with E-state index in [9.17, 15) is 20.4 Å². The Morgan fingerprint density at radius 2 is 0.881 bits per heavy atom. The van der Waals surface area contributed by atoms with Crippen LogP contribution in [0.1, 0.15) is 42.5 Å². The van der Waals surface area contributed by atoms with Crippen molar-refractivity contribution in [1.82, 2.24) is 31.9 Å². The first-order valence-corrected chi connectivity index (χ1v) is 22.7. The monoisotopic (exact) mass is 830 g/mol. The van der Waals surface area contributed by atoms with Gasteiger partial charge >= 0.3 is 0 Å². The van der Waals surface area contributed by atoms with Gasteiger partial charge in [-0.3, -0.25) is 0 Å². The highest BCUT2D eigenvalue weighted by Gasteiger charge is 2.22. The fourth-order valence-corrected chi connectivity index (χ4v) is 7.81. The van der Waals surface area contributed by atoms with Crippen molar-refractivity contribution in [3.05, 3.63) is 125 Å². The SMILES string of the molecule is CCN[C@H](CN[C@H](CN[C@H](CN[C@H](CN[C@@H](CN[C@H](CN)CCSC)[C@@H](C)O)Cc1ccccc1)Cc1ccc(O)cc1)Cc1ccc(O)cc1)Cc1ccc(O)cc1. The Balaban J connectivity index is 1.49. The van der Waals surface area contributed by atoms with Gasteiger partial charge in [0.25, 0.3) is 0 Å². The van der Waals surface area contributed by atoms with Gasteiger partial charge in [0.05, 0.1) is 6.10 Å². The van der Waals surface area contributed by atoms with Gasteiger partial charge in [0.1, 0.15) is 17.2 Å². The van der Waals surface area contributed by atoms with Crippen molar-refractivity contribution in [1.29, 1.82) is 0 Å². The number of hydrogen-bond donors (Lipinski definition) is 11. The second-order valence-corrected chi connectivity index (χ2v) is 16.7. The van der Waals surface area contributed by atoms with E-state index in [4.69, 9.17) is 5.73 Å². The summed E-state index contributed by atoms with van der Waals surface area (Å²) in [5.74, 6) is 1.80. The molecular weight excluding hydrogens is 759 g/mol.